The second kappa shape index (κ2) is 8.47. The Hall–Kier alpha value is -1.63. The summed E-state index contributed by atoms with van der Waals surface area (Å²) in [7, 11) is 1.93. The molecule has 1 aliphatic rings. The van der Waals surface area contributed by atoms with E-state index < -0.39 is 0 Å². The molecule has 0 aliphatic carbocycles. The zero-order valence-corrected chi connectivity index (χ0v) is 11.4. The SMILES string of the molecule is CNC1CCN(CC(=O)N(CCC#N)CCC#N)C1. The lowest BCUT2D eigenvalue weighted by Crippen LogP contribution is -2.41. The minimum atomic E-state index is 0.0160. The van der Waals surface area contributed by atoms with Crippen LogP contribution in [0.4, 0.5) is 0 Å². The van der Waals surface area contributed by atoms with Gasteiger partial charge in [-0.05, 0) is 13.5 Å². The van der Waals surface area contributed by atoms with Crippen molar-refractivity contribution >= 4 is 5.91 Å². The van der Waals surface area contributed by atoms with E-state index in [2.05, 4.69) is 10.2 Å². The van der Waals surface area contributed by atoms with Crippen LogP contribution in [0.15, 0.2) is 0 Å². The number of carbonyl (C=O) groups is 1. The molecule has 1 saturated heterocycles. The third kappa shape index (κ3) is 5.25. The van der Waals surface area contributed by atoms with Crippen LogP contribution in [0, 0.1) is 22.7 Å². The first-order chi connectivity index (χ1) is 9.21. The number of rotatable bonds is 7. The molecule has 1 atom stereocenters. The lowest BCUT2D eigenvalue weighted by Gasteiger charge is -2.23. The number of nitriles is 2. The molecule has 6 heteroatoms. The van der Waals surface area contributed by atoms with Gasteiger partial charge in [-0.15, -0.1) is 0 Å². The summed E-state index contributed by atoms with van der Waals surface area (Å²) in [6.45, 7) is 3.02. The first-order valence-corrected chi connectivity index (χ1v) is 6.62. The number of likely N-dealkylation sites (N-methyl/N-ethyl adjacent to an activating group) is 1. The predicted octanol–water partition coefficient (Wildman–Crippen LogP) is -0.0639. The standard InChI is InChI=1S/C13H21N5O/c1-16-12-4-9-17(10-12)11-13(19)18(7-2-5-14)8-3-6-15/h12,16H,2-4,7-11H2,1H3. The average molecular weight is 263 g/mol. The topological polar surface area (TPSA) is 83.2 Å². The fourth-order valence-electron chi connectivity index (χ4n) is 2.23. The summed E-state index contributed by atoms with van der Waals surface area (Å²) in [6.07, 6.45) is 1.69. The summed E-state index contributed by atoms with van der Waals surface area (Å²) in [4.78, 5) is 15.9. The Morgan fingerprint density at radius 3 is 2.47 bits per heavy atom. The van der Waals surface area contributed by atoms with Gasteiger partial charge in [0.25, 0.3) is 0 Å². The Balaban J connectivity index is 2.43. The molecule has 19 heavy (non-hydrogen) atoms. The Morgan fingerprint density at radius 2 is 2.00 bits per heavy atom. The van der Waals surface area contributed by atoms with Crippen molar-refractivity contribution in [3.05, 3.63) is 0 Å². The van der Waals surface area contributed by atoms with Gasteiger partial charge in [-0.1, -0.05) is 0 Å². The molecule has 6 nitrogen and oxygen atoms in total. The quantitative estimate of drug-likeness (QED) is 0.695. The highest BCUT2D eigenvalue weighted by atomic mass is 16.2. The fourth-order valence-corrected chi connectivity index (χ4v) is 2.23. The van der Waals surface area contributed by atoms with Gasteiger partial charge >= 0.3 is 0 Å². The molecule has 1 heterocycles. The molecule has 0 aromatic carbocycles. The number of likely N-dealkylation sites (tertiary alicyclic amines) is 1. The van der Waals surface area contributed by atoms with Gasteiger partial charge in [0, 0.05) is 32.2 Å². The first kappa shape index (κ1) is 15.4. The zero-order chi connectivity index (χ0) is 14.1. The smallest absolute Gasteiger partial charge is 0.236 e. The Bertz CT molecular complexity index is 352. The number of amides is 1. The van der Waals surface area contributed by atoms with Gasteiger partial charge in [0.05, 0.1) is 31.5 Å². The van der Waals surface area contributed by atoms with Gasteiger partial charge in [0.2, 0.25) is 5.91 Å². The van der Waals surface area contributed by atoms with E-state index in [4.69, 9.17) is 10.5 Å². The van der Waals surface area contributed by atoms with Crippen LogP contribution in [0.2, 0.25) is 0 Å². The van der Waals surface area contributed by atoms with Crippen LogP contribution in [0.25, 0.3) is 0 Å². The molecular formula is C13H21N5O. The van der Waals surface area contributed by atoms with Crippen molar-refractivity contribution in [3.8, 4) is 12.1 Å². The van der Waals surface area contributed by atoms with Crippen molar-refractivity contribution in [2.45, 2.75) is 25.3 Å². The van der Waals surface area contributed by atoms with Gasteiger partial charge in [-0.25, -0.2) is 0 Å². The summed E-state index contributed by atoms with van der Waals surface area (Å²) in [6, 6.07) is 4.54. The van der Waals surface area contributed by atoms with Gasteiger partial charge in [0.15, 0.2) is 0 Å². The van der Waals surface area contributed by atoms with Gasteiger partial charge in [-0.3, -0.25) is 9.69 Å². The summed E-state index contributed by atoms with van der Waals surface area (Å²) in [5, 5.41) is 20.4. The lowest BCUT2D eigenvalue weighted by atomic mass is 10.3. The highest BCUT2D eigenvalue weighted by Crippen LogP contribution is 2.09. The maximum atomic E-state index is 12.2. The molecule has 104 valence electrons. The van der Waals surface area contributed by atoms with Crippen LogP contribution >= 0.6 is 0 Å². The monoisotopic (exact) mass is 263 g/mol. The van der Waals surface area contributed by atoms with E-state index in [0.717, 1.165) is 19.5 Å². The van der Waals surface area contributed by atoms with E-state index in [1.165, 1.54) is 0 Å². The van der Waals surface area contributed by atoms with Gasteiger partial charge in [0.1, 0.15) is 0 Å². The third-order valence-corrected chi connectivity index (χ3v) is 3.38. The second-order valence-corrected chi connectivity index (χ2v) is 4.71. The van der Waals surface area contributed by atoms with Gasteiger partial charge < -0.3 is 10.2 Å². The first-order valence-electron chi connectivity index (χ1n) is 6.62. The van der Waals surface area contributed by atoms with Crippen LogP contribution in [-0.2, 0) is 4.79 Å². The predicted molar refractivity (Wildman–Crippen MR) is 70.9 cm³/mol. The average Bonchev–Trinajstić information content (AvgIpc) is 2.86. The maximum Gasteiger partial charge on any atom is 0.236 e. The summed E-state index contributed by atoms with van der Waals surface area (Å²) < 4.78 is 0. The van der Waals surface area contributed by atoms with Crippen molar-refractivity contribution < 1.29 is 4.79 Å². The molecular weight excluding hydrogens is 242 g/mol. The zero-order valence-electron chi connectivity index (χ0n) is 11.4. The van der Waals surface area contributed by atoms with E-state index in [1.54, 1.807) is 4.90 Å². The molecule has 0 aromatic rings. The molecule has 1 rings (SSSR count). The molecule has 0 aromatic heterocycles. The number of hydrogen-bond donors (Lipinski definition) is 1. The van der Waals surface area contributed by atoms with Crippen LogP contribution in [0.5, 0.6) is 0 Å². The molecule has 1 aliphatic heterocycles. The fraction of sp³-hybridized carbons (Fsp3) is 0.769. The molecule has 0 radical (unpaired) electrons. The van der Waals surface area contributed by atoms with Crippen molar-refractivity contribution in [1.29, 1.82) is 10.5 Å². The third-order valence-electron chi connectivity index (χ3n) is 3.38. The number of nitrogens with one attached hydrogen (secondary N) is 1. The van der Waals surface area contributed by atoms with E-state index in [-0.39, 0.29) is 5.91 Å². The van der Waals surface area contributed by atoms with Crippen molar-refractivity contribution in [2.75, 3.05) is 39.8 Å². The number of hydrogen-bond acceptors (Lipinski definition) is 5. The van der Waals surface area contributed by atoms with Crippen molar-refractivity contribution in [3.63, 3.8) is 0 Å². The van der Waals surface area contributed by atoms with E-state index in [1.807, 2.05) is 19.2 Å². The van der Waals surface area contributed by atoms with Crippen molar-refractivity contribution in [2.24, 2.45) is 0 Å². The largest absolute Gasteiger partial charge is 0.340 e. The lowest BCUT2D eigenvalue weighted by molar-refractivity contribution is -0.132. The maximum absolute atomic E-state index is 12.2. The number of nitrogens with zero attached hydrogens (tertiary/aromatic N) is 4. The van der Waals surface area contributed by atoms with E-state index >= 15 is 0 Å². The minimum Gasteiger partial charge on any atom is -0.340 e. The molecule has 1 N–H and O–H groups in total. The van der Waals surface area contributed by atoms with Crippen LogP contribution < -0.4 is 5.32 Å². The van der Waals surface area contributed by atoms with Crippen molar-refractivity contribution in [1.82, 2.24) is 15.1 Å². The minimum absolute atomic E-state index is 0.0160. The molecule has 0 saturated carbocycles. The van der Waals surface area contributed by atoms with E-state index in [0.29, 0.717) is 38.5 Å². The van der Waals surface area contributed by atoms with Crippen LogP contribution in [0.3, 0.4) is 0 Å². The Morgan fingerprint density at radius 1 is 1.37 bits per heavy atom. The van der Waals surface area contributed by atoms with Crippen LogP contribution in [-0.4, -0.2) is 61.5 Å². The molecule has 1 amide bonds. The van der Waals surface area contributed by atoms with Crippen LogP contribution in [0.1, 0.15) is 19.3 Å². The van der Waals surface area contributed by atoms with E-state index in [9.17, 15) is 4.79 Å². The van der Waals surface area contributed by atoms with Gasteiger partial charge in [-0.2, -0.15) is 10.5 Å². The highest BCUT2D eigenvalue weighted by Gasteiger charge is 2.24. The molecule has 0 bridgehead atoms. The Labute approximate surface area is 114 Å². The second-order valence-electron chi connectivity index (χ2n) is 4.71. The Kier molecular flexibility index (Phi) is 6.88. The highest BCUT2D eigenvalue weighted by molar-refractivity contribution is 5.78. The number of carbonyl (C=O) groups excluding carboxylic acids is 1. The molecule has 1 fully saturated rings. The summed E-state index contributed by atoms with van der Waals surface area (Å²) in [5.41, 5.74) is 0. The summed E-state index contributed by atoms with van der Waals surface area (Å²) >= 11 is 0. The molecule has 1 unspecified atom stereocenters. The normalized spacial score (nSPS) is 18.8. The summed E-state index contributed by atoms with van der Waals surface area (Å²) in [5.74, 6) is 0.0160. The molecule has 0 spiro atoms.